The first kappa shape index (κ1) is 26.3. The normalized spacial score (nSPS) is 16.1. The van der Waals surface area contributed by atoms with Crippen molar-refractivity contribution in [1.29, 1.82) is 0 Å². The second kappa shape index (κ2) is 12.0. The molecule has 1 atom stereocenters. The Labute approximate surface area is 231 Å². The average molecular weight is 539 g/mol. The fourth-order valence-electron chi connectivity index (χ4n) is 4.23. The van der Waals surface area contributed by atoms with Crippen molar-refractivity contribution in [2.45, 2.75) is 19.6 Å². The number of amidine groups is 1. The van der Waals surface area contributed by atoms with Crippen molar-refractivity contribution in [3.8, 4) is 11.5 Å². The summed E-state index contributed by atoms with van der Waals surface area (Å²) < 4.78 is 24.9. The number of ether oxygens (including phenoxy) is 2. The molecular formula is C32H27FN2O3S. The van der Waals surface area contributed by atoms with Crippen LogP contribution in [0, 0.1) is 5.82 Å². The van der Waals surface area contributed by atoms with Gasteiger partial charge in [-0.3, -0.25) is 9.69 Å². The van der Waals surface area contributed by atoms with Gasteiger partial charge in [0.25, 0.3) is 5.91 Å². The van der Waals surface area contributed by atoms with Crippen LogP contribution in [0.25, 0.3) is 6.08 Å². The lowest BCUT2D eigenvalue weighted by atomic mass is 10.1. The smallest absolute Gasteiger partial charge is 0.267 e. The van der Waals surface area contributed by atoms with Crippen molar-refractivity contribution >= 4 is 34.6 Å². The molecule has 196 valence electrons. The van der Waals surface area contributed by atoms with Gasteiger partial charge in [-0.05, 0) is 77.9 Å². The number of carbonyl (C=O) groups is 1. The van der Waals surface area contributed by atoms with Crippen LogP contribution in [-0.4, -0.2) is 23.1 Å². The topological polar surface area (TPSA) is 51.1 Å². The van der Waals surface area contributed by atoms with Crippen molar-refractivity contribution in [2.75, 3.05) is 7.11 Å². The van der Waals surface area contributed by atoms with E-state index in [1.54, 1.807) is 30.2 Å². The predicted molar refractivity (Wildman–Crippen MR) is 155 cm³/mol. The largest absolute Gasteiger partial charge is 0.493 e. The summed E-state index contributed by atoms with van der Waals surface area (Å²) in [6.45, 7) is 2.21. The molecule has 1 heterocycles. The molecular weight excluding hydrogens is 511 g/mol. The lowest BCUT2D eigenvalue weighted by Crippen LogP contribution is -2.32. The van der Waals surface area contributed by atoms with E-state index in [-0.39, 0.29) is 24.4 Å². The zero-order valence-electron chi connectivity index (χ0n) is 21.6. The molecule has 0 saturated carbocycles. The fraction of sp³-hybridized carbons (Fsp3) is 0.125. The highest BCUT2D eigenvalue weighted by Crippen LogP contribution is 2.40. The van der Waals surface area contributed by atoms with Gasteiger partial charge < -0.3 is 9.47 Å². The Hall–Kier alpha value is -4.36. The molecule has 5 nitrogen and oxygen atoms in total. The zero-order chi connectivity index (χ0) is 27.2. The van der Waals surface area contributed by atoms with Gasteiger partial charge in [0.2, 0.25) is 0 Å². The molecule has 1 aliphatic heterocycles. The van der Waals surface area contributed by atoms with Gasteiger partial charge in [0.15, 0.2) is 16.7 Å². The van der Waals surface area contributed by atoms with E-state index < -0.39 is 0 Å². The second-order valence-corrected chi connectivity index (χ2v) is 9.94. The van der Waals surface area contributed by atoms with E-state index in [1.165, 1.54) is 23.9 Å². The minimum Gasteiger partial charge on any atom is -0.493 e. The summed E-state index contributed by atoms with van der Waals surface area (Å²) >= 11 is 1.35. The van der Waals surface area contributed by atoms with Crippen LogP contribution in [0.5, 0.6) is 11.5 Å². The number of methoxy groups -OCH3 is 1. The molecule has 0 N–H and O–H groups in total. The first-order valence-corrected chi connectivity index (χ1v) is 13.3. The molecule has 1 saturated heterocycles. The van der Waals surface area contributed by atoms with Crippen LogP contribution in [0.2, 0.25) is 0 Å². The van der Waals surface area contributed by atoms with Crippen molar-refractivity contribution < 1.29 is 18.7 Å². The van der Waals surface area contributed by atoms with Gasteiger partial charge in [-0.1, -0.05) is 66.7 Å². The van der Waals surface area contributed by atoms with Crippen LogP contribution in [0.15, 0.2) is 113 Å². The van der Waals surface area contributed by atoms with Gasteiger partial charge in [-0.25, -0.2) is 9.38 Å². The molecule has 5 rings (SSSR count). The summed E-state index contributed by atoms with van der Waals surface area (Å²) in [5.74, 6) is 0.620. The number of thioether (sulfide) groups is 1. The molecule has 1 fully saturated rings. The SMILES string of the molecule is COc1cc(/C=C2/SC(=Nc3ccccc3)N([C@H](C)c3ccccc3)C2=O)ccc1OCc1cccc(F)c1. The number of hydrogen-bond donors (Lipinski definition) is 0. The third-order valence-corrected chi connectivity index (χ3v) is 7.24. The highest BCUT2D eigenvalue weighted by molar-refractivity contribution is 8.18. The number of nitrogens with zero attached hydrogens (tertiary/aromatic N) is 2. The van der Waals surface area contributed by atoms with Crippen LogP contribution < -0.4 is 9.47 Å². The van der Waals surface area contributed by atoms with Gasteiger partial charge in [-0.15, -0.1) is 0 Å². The minimum absolute atomic E-state index is 0.114. The van der Waals surface area contributed by atoms with E-state index in [9.17, 15) is 9.18 Å². The standard InChI is InChI=1S/C32H27FN2O3S/c1-22(25-11-5-3-6-12-25)35-31(36)30(39-32(35)34-27-14-7-4-8-15-27)20-23-16-17-28(29(19-23)37-2)38-21-24-10-9-13-26(33)18-24/h3-20,22H,21H2,1-2H3/b30-20+,34-32?/t22-/m1/s1. The molecule has 1 aliphatic rings. The van der Waals surface area contributed by atoms with E-state index in [0.29, 0.717) is 27.1 Å². The Balaban J connectivity index is 1.43. The quantitative estimate of drug-likeness (QED) is 0.215. The number of halogens is 1. The maximum absolute atomic E-state index is 13.7. The van der Waals surface area contributed by atoms with E-state index in [0.717, 1.165) is 16.8 Å². The van der Waals surface area contributed by atoms with Gasteiger partial charge in [0.1, 0.15) is 12.4 Å². The summed E-state index contributed by atoms with van der Waals surface area (Å²) in [4.78, 5) is 20.8. The molecule has 7 heteroatoms. The molecule has 0 aromatic heterocycles. The van der Waals surface area contributed by atoms with Gasteiger partial charge in [0.05, 0.1) is 23.7 Å². The van der Waals surface area contributed by atoms with Gasteiger partial charge in [0, 0.05) is 0 Å². The number of hydrogen-bond acceptors (Lipinski definition) is 5. The number of benzene rings is 4. The van der Waals surface area contributed by atoms with Crippen molar-refractivity contribution in [1.82, 2.24) is 4.90 Å². The predicted octanol–water partition coefficient (Wildman–Crippen LogP) is 7.78. The fourth-order valence-corrected chi connectivity index (χ4v) is 5.30. The summed E-state index contributed by atoms with van der Waals surface area (Å²) in [7, 11) is 1.56. The Morgan fingerprint density at radius 1 is 0.923 bits per heavy atom. The Kier molecular flexibility index (Phi) is 8.08. The highest BCUT2D eigenvalue weighted by Gasteiger charge is 2.37. The van der Waals surface area contributed by atoms with Crippen molar-refractivity contribution in [3.63, 3.8) is 0 Å². The third kappa shape index (κ3) is 6.21. The number of rotatable bonds is 8. The number of aliphatic imine (C=N–C) groups is 1. The number of para-hydroxylation sites is 1. The Morgan fingerprint density at radius 2 is 1.67 bits per heavy atom. The molecule has 4 aromatic rings. The van der Waals surface area contributed by atoms with Gasteiger partial charge in [-0.2, -0.15) is 0 Å². The van der Waals surface area contributed by atoms with E-state index in [4.69, 9.17) is 14.5 Å². The first-order chi connectivity index (χ1) is 19.0. The lowest BCUT2D eigenvalue weighted by molar-refractivity contribution is -0.123. The van der Waals surface area contributed by atoms with Crippen molar-refractivity contribution in [3.05, 3.63) is 131 Å². The highest BCUT2D eigenvalue weighted by atomic mass is 32.2. The van der Waals surface area contributed by atoms with Crippen molar-refractivity contribution in [2.24, 2.45) is 4.99 Å². The Morgan fingerprint density at radius 3 is 2.38 bits per heavy atom. The average Bonchev–Trinajstić information content (AvgIpc) is 3.26. The first-order valence-electron chi connectivity index (χ1n) is 12.5. The van der Waals surface area contributed by atoms with E-state index in [2.05, 4.69) is 0 Å². The van der Waals surface area contributed by atoms with E-state index in [1.807, 2.05) is 85.8 Å². The number of carbonyl (C=O) groups excluding carboxylic acids is 1. The van der Waals surface area contributed by atoms with Crippen LogP contribution in [0.1, 0.15) is 29.7 Å². The lowest BCUT2D eigenvalue weighted by Gasteiger charge is -2.24. The summed E-state index contributed by atoms with van der Waals surface area (Å²) in [6.07, 6.45) is 1.84. The van der Waals surface area contributed by atoms with Gasteiger partial charge >= 0.3 is 0 Å². The molecule has 0 bridgehead atoms. The molecule has 39 heavy (non-hydrogen) atoms. The molecule has 0 radical (unpaired) electrons. The van der Waals surface area contributed by atoms with Crippen LogP contribution in [0.3, 0.4) is 0 Å². The minimum atomic E-state index is -0.311. The van der Waals surface area contributed by atoms with Crippen LogP contribution in [-0.2, 0) is 11.4 Å². The maximum atomic E-state index is 13.7. The molecule has 0 aliphatic carbocycles. The van der Waals surface area contributed by atoms with Crippen LogP contribution >= 0.6 is 11.8 Å². The number of amides is 1. The second-order valence-electron chi connectivity index (χ2n) is 8.93. The zero-order valence-corrected chi connectivity index (χ0v) is 22.4. The summed E-state index contributed by atoms with van der Waals surface area (Å²) in [5, 5.41) is 0.621. The summed E-state index contributed by atoms with van der Waals surface area (Å²) in [5.41, 5.74) is 3.30. The monoisotopic (exact) mass is 538 g/mol. The maximum Gasteiger partial charge on any atom is 0.267 e. The third-order valence-electron chi connectivity index (χ3n) is 6.26. The summed E-state index contributed by atoms with van der Waals surface area (Å²) in [6, 6.07) is 31.1. The molecule has 4 aromatic carbocycles. The Bertz CT molecular complexity index is 1520. The molecule has 0 unspecified atom stereocenters. The molecule has 1 amide bonds. The van der Waals surface area contributed by atoms with E-state index >= 15 is 0 Å². The van der Waals surface area contributed by atoms with Crippen LogP contribution in [0.4, 0.5) is 10.1 Å². The molecule has 0 spiro atoms.